The summed E-state index contributed by atoms with van der Waals surface area (Å²) in [5, 5.41) is 66.7. The zero-order valence-electron chi connectivity index (χ0n) is 22.4. The second-order valence-corrected chi connectivity index (χ2v) is 15.0. The van der Waals surface area contributed by atoms with Crippen LogP contribution in [0.3, 0.4) is 0 Å². The van der Waals surface area contributed by atoms with E-state index in [1.54, 1.807) is 0 Å². The van der Waals surface area contributed by atoms with Crippen LogP contribution in [0.15, 0.2) is 78.8 Å². The summed E-state index contributed by atoms with van der Waals surface area (Å²) in [5.41, 5.74) is -6.13. The van der Waals surface area contributed by atoms with Crippen LogP contribution in [-0.4, -0.2) is 73.5 Å². The minimum Gasteiger partial charge on any atom is -0.501 e. The molecule has 0 aliphatic carbocycles. The Morgan fingerprint density at radius 1 is 0.681 bits per heavy atom. The minimum absolute atomic E-state index is 0.367. The molecule has 0 radical (unpaired) electrons. The van der Waals surface area contributed by atoms with E-state index in [4.69, 9.17) is 0 Å². The number of nitro groups is 2. The number of nitro benzene ring substituents is 2. The van der Waals surface area contributed by atoms with Crippen LogP contribution in [-0.2, 0) is 24.0 Å². The molecule has 7 N–H and O–H groups in total. The van der Waals surface area contributed by atoms with Gasteiger partial charge in [0.25, 0.3) is 5.69 Å². The number of non-ortho nitro benzene ring substituents is 1. The molecular formula is C22H15AsN6O16S2. The van der Waals surface area contributed by atoms with Gasteiger partial charge in [0.1, 0.15) is 0 Å². The first-order valence-electron chi connectivity index (χ1n) is 11.8. The van der Waals surface area contributed by atoms with Gasteiger partial charge in [0.05, 0.1) is 15.9 Å². The van der Waals surface area contributed by atoms with Gasteiger partial charge in [0.15, 0.2) is 0 Å². The number of hydrogen-bond donors (Lipinski definition) is 7. The topological polar surface area (TPSA) is 363 Å². The van der Waals surface area contributed by atoms with E-state index < -0.39 is 121 Å². The van der Waals surface area contributed by atoms with Gasteiger partial charge >= 0.3 is 204 Å². The molecule has 0 spiro atoms. The predicted octanol–water partition coefficient (Wildman–Crippen LogP) is 2.66. The monoisotopic (exact) mass is 758 g/mol. The normalized spacial score (nSPS) is 12.7. The van der Waals surface area contributed by atoms with Crippen molar-refractivity contribution >= 4 is 83.7 Å². The fourth-order valence-electron chi connectivity index (χ4n) is 3.96. The van der Waals surface area contributed by atoms with Crippen molar-refractivity contribution < 1.29 is 63.0 Å². The van der Waals surface area contributed by atoms with E-state index in [9.17, 15) is 73.4 Å². The van der Waals surface area contributed by atoms with Crippen molar-refractivity contribution in [3.8, 4) is 17.2 Å². The van der Waals surface area contributed by atoms with Gasteiger partial charge in [-0.15, -0.1) is 0 Å². The molecule has 4 aromatic rings. The molecule has 47 heavy (non-hydrogen) atoms. The predicted molar refractivity (Wildman–Crippen MR) is 154 cm³/mol. The maximum atomic E-state index is 12.2. The smallest absolute Gasteiger partial charge is 0.319 e. The van der Waals surface area contributed by atoms with Gasteiger partial charge in [-0.25, -0.2) is 0 Å². The Balaban J connectivity index is 2.07. The van der Waals surface area contributed by atoms with Crippen LogP contribution < -0.4 is 4.35 Å². The first-order chi connectivity index (χ1) is 21.6. The van der Waals surface area contributed by atoms with Gasteiger partial charge in [0.2, 0.25) is 5.75 Å². The summed E-state index contributed by atoms with van der Waals surface area (Å²) in [4.78, 5) is 17.5. The summed E-state index contributed by atoms with van der Waals surface area (Å²) in [6.07, 6.45) is 0. The van der Waals surface area contributed by atoms with E-state index in [-0.39, 0.29) is 0 Å². The number of phenolic OH excluding ortho intramolecular Hbond substituents is 3. The van der Waals surface area contributed by atoms with Gasteiger partial charge in [-0.3, -0.25) is 20.2 Å². The van der Waals surface area contributed by atoms with Gasteiger partial charge in [-0.1, -0.05) is 0 Å². The van der Waals surface area contributed by atoms with Crippen LogP contribution in [0.4, 0.5) is 34.1 Å². The molecule has 0 aliphatic heterocycles. The summed E-state index contributed by atoms with van der Waals surface area (Å²) in [5.74, 6) is -4.06. The second-order valence-electron chi connectivity index (χ2n) is 8.97. The van der Waals surface area contributed by atoms with Crippen molar-refractivity contribution in [2.24, 2.45) is 20.5 Å². The van der Waals surface area contributed by atoms with E-state index in [2.05, 4.69) is 20.5 Å². The quantitative estimate of drug-likeness (QED) is 0.0424. The van der Waals surface area contributed by atoms with Crippen molar-refractivity contribution in [2.75, 3.05) is 0 Å². The van der Waals surface area contributed by atoms with E-state index in [1.165, 1.54) is 12.1 Å². The number of hydrogen-bond acceptors (Lipinski definition) is 16. The van der Waals surface area contributed by atoms with Crippen LogP contribution in [0, 0.1) is 20.2 Å². The molecule has 0 aromatic heterocycles. The van der Waals surface area contributed by atoms with E-state index in [0.717, 1.165) is 12.1 Å². The van der Waals surface area contributed by atoms with Gasteiger partial charge in [0, 0.05) is 6.07 Å². The molecule has 0 saturated carbocycles. The standard InChI is InChI=1S/C22H15AsN6O16S2/c30-20-13(7-10(28(36)37)8-14(20)29(38)39)25-27-19-16(47(43,44)45)6-9-5-15(46(40,41)42)18(21(31)17(9)22(19)32)26-24-12-4-2-1-3-11(12)23(33,34)35/h1-8,30-32H,(H2,33,34,35)(H,40,41,42)(H,43,44,45). The average Bonchev–Trinajstić information content (AvgIpc) is 2.94. The molecule has 0 unspecified atom stereocenters. The Kier molecular flexibility index (Phi) is 8.89. The molecule has 0 fully saturated rings. The Morgan fingerprint density at radius 3 is 1.62 bits per heavy atom. The summed E-state index contributed by atoms with van der Waals surface area (Å²) >= 11 is -5.67. The maximum absolute atomic E-state index is 12.2. The van der Waals surface area contributed by atoms with Crippen molar-refractivity contribution in [3.05, 3.63) is 68.8 Å². The Bertz CT molecular complexity index is 2360. The number of aromatic hydroxyl groups is 3. The molecule has 0 heterocycles. The molecule has 22 nitrogen and oxygen atoms in total. The summed E-state index contributed by atoms with van der Waals surface area (Å²) in [6.45, 7) is 0. The van der Waals surface area contributed by atoms with Crippen molar-refractivity contribution in [1.82, 2.24) is 0 Å². The molecule has 0 aliphatic rings. The third-order valence-corrected chi connectivity index (χ3v) is 9.82. The third-order valence-electron chi connectivity index (χ3n) is 5.98. The Morgan fingerprint density at radius 2 is 1.17 bits per heavy atom. The van der Waals surface area contributed by atoms with Crippen LogP contribution in [0.1, 0.15) is 0 Å². The second kappa shape index (κ2) is 12.1. The maximum Gasteiger partial charge on any atom is 0.319 e. The number of fused-ring (bicyclic) bond motifs is 1. The molecular weight excluding hydrogens is 743 g/mol. The number of rotatable bonds is 9. The fourth-order valence-corrected chi connectivity index (χ4v) is 6.74. The molecule has 4 rings (SSSR count). The largest absolute Gasteiger partial charge is 0.501 e. The minimum atomic E-state index is -5.67. The Hall–Kier alpha value is -5.36. The molecule has 0 saturated heterocycles. The van der Waals surface area contributed by atoms with Crippen LogP contribution in [0.25, 0.3) is 10.8 Å². The molecule has 0 atom stereocenters. The van der Waals surface area contributed by atoms with Crippen molar-refractivity contribution in [1.29, 1.82) is 0 Å². The number of azo groups is 2. The van der Waals surface area contributed by atoms with Crippen molar-refractivity contribution in [3.63, 3.8) is 0 Å². The first kappa shape index (κ1) is 34.5. The van der Waals surface area contributed by atoms with Gasteiger partial charge < -0.3 is 5.11 Å². The van der Waals surface area contributed by atoms with Gasteiger partial charge in [-0.05, 0) is 0 Å². The SMILES string of the molecule is O=[N+]([O-])c1cc(N=Nc2c(S(=O)(=O)O)cc3cc(S(=O)(=O)O)c(N=Nc4ccccc4[As](=O)(O)O)c(O)c3c2O)c(O)c([N+](=O)[O-])c1. The van der Waals surface area contributed by atoms with Crippen LogP contribution >= 0.6 is 0 Å². The third kappa shape index (κ3) is 6.92. The summed E-state index contributed by atoms with van der Waals surface area (Å²) in [7, 11) is -10.8. The zero-order chi connectivity index (χ0) is 35.2. The number of benzene rings is 4. The summed E-state index contributed by atoms with van der Waals surface area (Å²) in [6, 6.07) is 6.25. The molecule has 246 valence electrons. The summed E-state index contributed by atoms with van der Waals surface area (Å²) < 4.78 is 98.9. The molecule has 0 amide bonds. The first-order valence-corrected chi connectivity index (χ1v) is 18.0. The van der Waals surface area contributed by atoms with E-state index in [1.807, 2.05) is 0 Å². The molecule has 0 bridgehead atoms. The van der Waals surface area contributed by atoms with Crippen molar-refractivity contribution in [2.45, 2.75) is 9.79 Å². The number of nitrogens with zero attached hydrogens (tertiary/aromatic N) is 6. The fraction of sp³-hybridized carbons (Fsp3) is 0. The zero-order valence-corrected chi connectivity index (χ0v) is 25.9. The van der Waals surface area contributed by atoms with E-state index >= 15 is 0 Å². The molecule has 25 heteroatoms. The van der Waals surface area contributed by atoms with Gasteiger partial charge in [-0.2, -0.15) is 0 Å². The Labute approximate surface area is 262 Å². The van der Waals surface area contributed by atoms with Crippen LogP contribution in [0.5, 0.6) is 17.2 Å². The molecule has 4 aromatic carbocycles. The number of phenols is 3. The van der Waals surface area contributed by atoms with E-state index in [0.29, 0.717) is 24.3 Å². The average molecular weight is 758 g/mol. The van der Waals surface area contributed by atoms with Crippen LogP contribution in [0.2, 0.25) is 0 Å².